The molecule has 1 aliphatic carbocycles. The number of aliphatic hydroxyl groups excluding tert-OH is 1. The predicted octanol–water partition coefficient (Wildman–Crippen LogP) is 2.76. The van der Waals surface area contributed by atoms with E-state index in [0.717, 1.165) is 6.42 Å². The lowest BCUT2D eigenvalue weighted by atomic mass is 9.75. The Morgan fingerprint density at radius 3 is 2.71 bits per heavy atom. The van der Waals surface area contributed by atoms with Crippen molar-refractivity contribution >= 4 is 0 Å². The van der Waals surface area contributed by atoms with E-state index < -0.39 is 24.1 Å². The fourth-order valence-electron chi connectivity index (χ4n) is 2.99. The molecule has 118 valence electrons. The molecule has 4 nitrogen and oxygen atoms in total. The zero-order valence-electron chi connectivity index (χ0n) is 11.8. The van der Waals surface area contributed by atoms with Crippen molar-refractivity contribution in [2.45, 2.75) is 44.4 Å². The zero-order chi connectivity index (χ0) is 15.5. The Morgan fingerprint density at radius 2 is 2.05 bits per heavy atom. The second kappa shape index (κ2) is 6.60. The normalized spacial score (nSPS) is 24.6. The van der Waals surface area contributed by atoms with Gasteiger partial charge in [-0.05, 0) is 18.8 Å². The Morgan fingerprint density at radius 1 is 1.33 bits per heavy atom. The number of ether oxygens (including phenoxy) is 1. The molecule has 7 heteroatoms. The molecular formula is C14H19F3N2O2. The fraction of sp³-hybridized carbons (Fsp3) is 0.714. The van der Waals surface area contributed by atoms with E-state index in [0.29, 0.717) is 24.4 Å². The van der Waals surface area contributed by atoms with Gasteiger partial charge in [0.1, 0.15) is 6.33 Å². The molecule has 1 N–H and O–H groups in total. The van der Waals surface area contributed by atoms with Gasteiger partial charge in [0.2, 0.25) is 5.88 Å². The number of aromatic nitrogens is 2. The SMILES string of the molecule is COc1cc(CC(O)C2CCCCC2C(F)(F)F)ncn1. The highest BCUT2D eigenvalue weighted by atomic mass is 19.4. The molecule has 0 bridgehead atoms. The Balaban J connectivity index is 2.08. The summed E-state index contributed by atoms with van der Waals surface area (Å²) in [6.45, 7) is 0. The van der Waals surface area contributed by atoms with E-state index in [4.69, 9.17) is 4.74 Å². The number of alkyl halides is 3. The molecule has 21 heavy (non-hydrogen) atoms. The van der Waals surface area contributed by atoms with Gasteiger partial charge in [0.15, 0.2) is 0 Å². The Labute approximate surface area is 121 Å². The topological polar surface area (TPSA) is 55.2 Å². The molecule has 1 fully saturated rings. The lowest BCUT2D eigenvalue weighted by Crippen LogP contribution is -2.40. The second-order valence-corrected chi connectivity index (χ2v) is 5.42. The molecule has 0 radical (unpaired) electrons. The van der Waals surface area contributed by atoms with Crippen molar-refractivity contribution in [2.75, 3.05) is 7.11 Å². The molecule has 0 saturated heterocycles. The van der Waals surface area contributed by atoms with E-state index >= 15 is 0 Å². The molecule has 1 aromatic rings. The molecule has 3 unspecified atom stereocenters. The molecule has 2 rings (SSSR count). The van der Waals surface area contributed by atoms with Crippen molar-refractivity contribution in [1.82, 2.24) is 9.97 Å². The third-order valence-corrected chi connectivity index (χ3v) is 4.06. The summed E-state index contributed by atoms with van der Waals surface area (Å²) in [6, 6.07) is 1.54. The smallest absolute Gasteiger partial charge is 0.392 e. The van der Waals surface area contributed by atoms with Crippen LogP contribution in [0, 0.1) is 11.8 Å². The van der Waals surface area contributed by atoms with Gasteiger partial charge in [0.05, 0.1) is 24.8 Å². The van der Waals surface area contributed by atoms with Crippen molar-refractivity contribution in [1.29, 1.82) is 0 Å². The average molecular weight is 304 g/mol. The minimum absolute atomic E-state index is 0.0795. The van der Waals surface area contributed by atoms with Crippen LogP contribution in [-0.2, 0) is 6.42 Å². The van der Waals surface area contributed by atoms with E-state index in [1.54, 1.807) is 0 Å². The molecule has 0 aromatic carbocycles. The van der Waals surface area contributed by atoms with Crippen LogP contribution < -0.4 is 4.74 Å². The second-order valence-electron chi connectivity index (χ2n) is 5.42. The van der Waals surface area contributed by atoms with Gasteiger partial charge in [-0.3, -0.25) is 0 Å². The number of halogens is 3. The third-order valence-electron chi connectivity index (χ3n) is 4.06. The summed E-state index contributed by atoms with van der Waals surface area (Å²) in [4.78, 5) is 7.81. The lowest BCUT2D eigenvalue weighted by molar-refractivity contribution is -0.206. The summed E-state index contributed by atoms with van der Waals surface area (Å²) in [6.07, 6.45) is -2.17. The van der Waals surface area contributed by atoms with Crippen LogP contribution in [0.4, 0.5) is 13.2 Å². The van der Waals surface area contributed by atoms with E-state index in [9.17, 15) is 18.3 Å². The number of methoxy groups -OCH3 is 1. The van der Waals surface area contributed by atoms with Crippen LogP contribution in [0.15, 0.2) is 12.4 Å². The quantitative estimate of drug-likeness (QED) is 0.929. The summed E-state index contributed by atoms with van der Waals surface area (Å²) in [5, 5.41) is 10.2. The summed E-state index contributed by atoms with van der Waals surface area (Å²) >= 11 is 0. The molecular weight excluding hydrogens is 285 g/mol. The molecule has 1 heterocycles. The zero-order valence-corrected chi connectivity index (χ0v) is 11.8. The molecule has 0 spiro atoms. The van der Waals surface area contributed by atoms with Gasteiger partial charge in [-0.25, -0.2) is 9.97 Å². The maximum atomic E-state index is 13.1. The Hall–Kier alpha value is -1.37. The van der Waals surface area contributed by atoms with Gasteiger partial charge >= 0.3 is 6.18 Å². The summed E-state index contributed by atoms with van der Waals surface area (Å²) in [5.74, 6) is -1.85. The van der Waals surface area contributed by atoms with E-state index in [-0.39, 0.29) is 12.8 Å². The number of hydrogen-bond acceptors (Lipinski definition) is 4. The highest BCUT2D eigenvalue weighted by Crippen LogP contribution is 2.43. The molecule has 1 aromatic heterocycles. The van der Waals surface area contributed by atoms with Gasteiger partial charge in [-0.15, -0.1) is 0 Å². The highest BCUT2D eigenvalue weighted by Gasteiger charge is 2.47. The maximum absolute atomic E-state index is 13.1. The van der Waals surface area contributed by atoms with Gasteiger partial charge in [0, 0.05) is 12.5 Å². The van der Waals surface area contributed by atoms with Crippen molar-refractivity contribution < 1.29 is 23.0 Å². The minimum atomic E-state index is -4.25. The van der Waals surface area contributed by atoms with E-state index in [1.165, 1.54) is 19.5 Å². The molecule has 1 saturated carbocycles. The largest absolute Gasteiger partial charge is 0.481 e. The number of aliphatic hydroxyl groups is 1. The van der Waals surface area contributed by atoms with Crippen molar-refractivity contribution in [3.8, 4) is 5.88 Å². The predicted molar refractivity (Wildman–Crippen MR) is 69.8 cm³/mol. The van der Waals surface area contributed by atoms with Gasteiger partial charge in [0.25, 0.3) is 0 Å². The maximum Gasteiger partial charge on any atom is 0.392 e. The van der Waals surface area contributed by atoms with Crippen LogP contribution in [0.25, 0.3) is 0 Å². The number of rotatable bonds is 4. The first-order valence-corrected chi connectivity index (χ1v) is 7.01. The third kappa shape index (κ3) is 4.06. The lowest BCUT2D eigenvalue weighted by Gasteiger charge is -2.35. The number of nitrogens with zero attached hydrogens (tertiary/aromatic N) is 2. The van der Waals surface area contributed by atoms with Crippen LogP contribution in [-0.4, -0.2) is 34.5 Å². The first-order valence-electron chi connectivity index (χ1n) is 7.01. The van der Waals surface area contributed by atoms with Crippen molar-refractivity contribution in [2.24, 2.45) is 11.8 Å². The molecule has 3 atom stereocenters. The Kier molecular flexibility index (Phi) is 5.03. The Bertz CT molecular complexity index is 468. The standard InChI is InChI=1S/C14H19F3N2O2/c1-21-13-7-9(18-8-19-13)6-12(20)10-4-2-3-5-11(10)14(15,16)17/h7-8,10-12,20H,2-6H2,1H3. The summed E-state index contributed by atoms with van der Waals surface area (Å²) in [5.41, 5.74) is 0.487. The van der Waals surface area contributed by atoms with E-state index in [1.807, 2.05) is 0 Å². The van der Waals surface area contributed by atoms with E-state index in [2.05, 4.69) is 9.97 Å². The van der Waals surface area contributed by atoms with Crippen LogP contribution in [0.5, 0.6) is 5.88 Å². The summed E-state index contributed by atoms with van der Waals surface area (Å²) < 4.78 is 44.1. The van der Waals surface area contributed by atoms with Crippen LogP contribution in [0.3, 0.4) is 0 Å². The van der Waals surface area contributed by atoms with Crippen molar-refractivity contribution in [3.63, 3.8) is 0 Å². The van der Waals surface area contributed by atoms with Gasteiger partial charge in [-0.2, -0.15) is 13.2 Å². The molecule has 0 amide bonds. The molecule has 1 aliphatic rings. The van der Waals surface area contributed by atoms with Gasteiger partial charge in [-0.1, -0.05) is 12.8 Å². The fourth-order valence-corrected chi connectivity index (χ4v) is 2.99. The minimum Gasteiger partial charge on any atom is -0.481 e. The highest BCUT2D eigenvalue weighted by molar-refractivity contribution is 5.14. The van der Waals surface area contributed by atoms with Crippen LogP contribution in [0.2, 0.25) is 0 Å². The van der Waals surface area contributed by atoms with Crippen molar-refractivity contribution in [3.05, 3.63) is 18.1 Å². The number of hydrogen-bond donors (Lipinski definition) is 1. The first kappa shape index (κ1) is 16.0. The molecule has 0 aliphatic heterocycles. The first-order chi connectivity index (χ1) is 9.91. The summed E-state index contributed by atoms with van der Waals surface area (Å²) in [7, 11) is 1.45. The van der Waals surface area contributed by atoms with Crippen LogP contribution >= 0.6 is 0 Å². The van der Waals surface area contributed by atoms with Gasteiger partial charge < -0.3 is 9.84 Å². The van der Waals surface area contributed by atoms with Crippen LogP contribution in [0.1, 0.15) is 31.4 Å². The average Bonchev–Trinajstić information content (AvgIpc) is 2.46. The monoisotopic (exact) mass is 304 g/mol.